The standard InChI is InChI=1S/C14H13BrFN/c1-10(11-2-6-13(16)7-3-11)17-14-8-4-12(15)5-9-14/h2-10,17H,1H3. The average Bonchev–Trinajstić information content (AvgIpc) is 2.33. The van der Waals surface area contributed by atoms with E-state index in [4.69, 9.17) is 0 Å². The van der Waals surface area contributed by atoms with Gasteiger partial charge >= 0.3 is 0 Å². The highest BCUT2D eigenvalue weighted by Gasteiger charge is 2.04. The molecule has 0 radical (unpaired) electrons. The van der Waals surface area contributed by atoms with E-state index in [-0.39, 0.29) is 11.9 Å². The lowest BCUT2D eigenvalue weighted by Gasteiger charge is -2.15. The van der Waals surface area contributed by atoms with Crippen molar-refractivity contribution in [3.63, 3.8) is 0 Å². The van der Waals surface area contributed by atoms with Crippen LogP contribution < -0.4 is 5.32 Å². The maximum Gasteiger partial charge on any atom is 0.123 e. The summed E-state index contributed by atoms with van der Waals surface area (Å²) in [4.78, 5) is 0. The molecule has 0 spiro atoms. The van der Waals surface area contributed by atoms with E-state index in [9.17, 15) is 4.39 Å². The van der Waals surface area contributed by atoms with E-state index in [0.29, 0.717) is 0 Å². The minimum atomic E-state index is -0.204. The van der Waals surface area contributed by atoms with Gasteiger partial charge in [-0.15, -0.1) is 0 Å². The van der Waals surface area contributed by atoms with Gasteiger partial charge in [0.25, 0.3) is 0 Å². The molecule has 2 rings (SSSR count). The van der Waals surface area contributed by atoms with Crippen molar-refractivity contribution in [1.82, 2.24) is 0 Å². The van der Waals surface area contributed by atoms with E-state index in [2.05, 4.69) is 28.2 Å². The first-order valence-corrected chi connectivity index (χ1v) is 6.22. The van der Waals surface area contributed by atoms with Gasteiger partial charge in [0.05, 0.1) is 0 Å². The lowest BCUT2D eigenvalue weighted by molar-refractivity contribution is 0.626. The molecule has 0 aliphatic heterocycles. The zero-order valence-electron chi connectivity index (χ0n) is 9.45. The fourth-order valence-corrected chi connectivity index (χ4v) is 1.90. The maximum absolute atomic E-state index is 12.8. The van der Waals surface area contributed by atoms with Crippen LogP contribution >= 0.6 is 15.9 Å². The normalized spacial score (nSPS) is 12.2. The van der Waals surface area contributed by atoms with E-state index in [1.165, 1.54) is 12.1 Å². The fourth-order valence-electron chi connectivity index (χ4n) is 1.63. The van der Waals surface area contributed by atoms with Crippen LogP contribution in [-0.4, -0.2) is 0 Å². The molecule has 0 saturated carbocycles. The summed E-state index contributed by atoms with van der Waals surface area (Å²) in [6, 6.07) is 14.7. The van der Waals surface area contributed by atoms with Crippen LogP contribution in [0.15, 0.2) is 53.0 Å². The Morgan fingerprint density at radius 2 is 1.59 bits per heavy atom. The van der Waals surface area contributed by atoms with Crippen molar-refractivity contribution in [1.29, 1.82) is 0 Å². The summed E-state index contributed by atoms with van der Waals surface area (Å²) in [7, 11) is 0. The first-order chi connectivity index (χ1) is 8.15. The summed E-state index contributed by atoms with van der Waals surface area (Å²) in [5.74, 6) is -0.204. The molecule has 0 saturated heterocycles. The Morgan fingerprint density at radius 1 is 1.00 bits per heavy atom. The van der Waals surface area contributed by atoms with Gasteiger partial charge in [0, 0.05) is 16.2 Å². The predicted octanol–water partition coefficient (Wildman–Crippen LogP) is 4.76. The third-order valence-corrected chi connectivity index (χ3v) is 3.13. The van der Waals surface area contributed by atoms with Crippen molar-refractivity contribution in [2.75, 3.05) is 5.32 Å². The van der Waals surface area contributed by atoms with Gasteiger partial charge in [-0.05, 0) is 48.9 Å². The van der Waals surface area contributed by atoms with E-state index < -0.39 is 0 Å². The smallest absolute Gasteiger partial charge is 0.123 e. The molecule has 0 fully saturated rings. The van der Waals surface area contributed by atoms with Crippen LogP contribution in [0.25, 0.3) is 0 Å². The minimum absolute atomic E-state index is 0.150. The summed E-state index contributed by atoms with van der Waals surface area (Å²) in [5.41, 5.74) is 2.11. The molecule has 0 bridgehead atoms. The van der Waals surface area contributed by atoms with Crippen molar-refractivity contribution in [2.24, 2.45) is 0 Å². The molecule has 2 aromatic carbocycles. The Hall–Kier alpha value is -1.35. The highest BCUT2D eigenvalue weighted by atomic mass is 79.9. The van der Waals surface area contributed by atoms with E-state index >= 15 is 0 Å². The molecule has 1 nitrogen and oxygen atoms in total. The van der Waals surface area contributed by atoms with Gasteiger partial charge in [-0.3, -0.25) is 0 Å². The van der Waals surface area contributed by atoms with E-state index in [1.807, 2.05) is 24.3 Å². The summed E-state index contributed by atoms with van der Waals surface area (Å²) in [6.07, 6.45) is 0. The lowest BCUT2D eigenvalue weighted by atomic mass is 10.1. The molecule has 0 heterocycles. The molecule has 0 aromatic heterocycles. The molecule has 0 aliphatic carbocycles. The zero-order valence-corrected chi connectivity index (χ0v) is 11.0. The number of anilines is 1. The molecule has 1 N–H and O–H groups in total. The highest BCUT2D eigenvalue weighted by molar-refractivity contribution is 9.10. The summed E-state index contributed by atoms with van der Waals surface area (Å²) >= 11 is 3.40. The Kier molecular flexibility index (Phi) is 3.79. The number of hydrogen-bond acceptors (Lipinski definition) is 1. The zero-order chi connectivity index (χ0) is 12.3. The molecule has 1 atom stereocenters. The van der Waals surface area contributed by atoms with Crippen LogP contribution in [0.1, 0.15) is 18.5 Å². The SMILES string of the molecule is CC(Nc1ccc(Br)cc1)c1ccc(F)cc1. The van der Waals surface area contributed by atoms with Crippen LogP contribution in [0.3, 0.4) is 0 Å². The molecule has 88 valence electrons. The summed E-state index contributed by atoms with van der Waals surface area (Å²) in [5, 5.41) is 3.36. The third-order valence-electron chi connectivity index (χ3n) is 2.60. The Labute approximate surface area is 109 Å². The lowest BCUT2D eigenvalue weighted by Crippen LogP contribution is -2.06. The molecule has 0 aliphatic rings. The van der Waals surface area contributed by atoms with Gasteiger partial charge in [-0.25, -0.2) is 4.39 Å². The molecule has 2 aromatic rings. The van der Waals surface area contributed by atoms with E-state index in [1.54, 1.807) is 12.1 Å². The fraction of sp³-hybridized carbons (Fsp3) is 0.143. The van der Waals surface area contributed by atoms with E-state index in [0.717, 1.165) is 15.7 Å². The van der Waals surface area contributed by atoms with Crippen molar-refractivity contribution >= 4 is 21.6 Å². The number of nitrogens with one attached hydrogen (secondary N) is 1. The monoisotopic (exact) mass is 293 g/mol. The summed E-state index contributed by atoms with van der Waals surface area (Å²) < 4.78 is 13.8. The average molecular weight is 294 g/mol. The van der Waals surface area contributed by atoms with Crippen molar-refractivity contribution in [2.45, 2.75) is 13.0 Å². The Morgan fingerprint density at radius 3 is 2.18 bits per heavy atom. The number of halogens is 2. The predicted molar refractivity (Wildman–Crippen MR) is 72.6 cm³/mol. The largest absolute Gasteiger partial charge is 0.379 e. The highest BCUT2D eigenvalue weighted by Crippen LogP contribution is 2.21. The van der Waals surface area contributed by atoms with Crippen LogP contribution in [0, 0.1) is 5.82 Å². The third kappa shape index (κ3) is 3.30. The second kappa shape index (κ2) is 5.32. The van der Waals surface area contributed by atoms with Gasteiger partial charge in [-0.1, -0.05) is 28.1 Å². The first-order valence-electron chi connectivity index (χ1n) is 5.43. The molecule has 1 unspecified atom stereocenters. The van der Waals surface area contributed by atoms with Gasteiger partial charge in [-0.2, -0.15) is 0 Å². The number of rotatable bonds is 3. The van der Waals surface area contributed by atoms with Crippen LogP contribution in [-0.2, 0) is 0 Å². The van der Waals surface area contributed by atoms with Gasteiger partial charge in [0.15, 0.2) is 0 Å². The first kappa shape index (κ1) is 12.1. The number of hydrogen-bond donors (Lipinski definition) is 1. The Balaban J connectivity index is 2.08. The molecular weight excluding hydrogens is 281 g/mol. The molecular formula is C14H13BrFN. The topological polar surface area (TPSA) is 12.0 Å². The van der Waals surface area contributed by atoms with Crippen LogP contribution in [0.2, 0.25) is 0 Å². The molecule has 3 heteroatoms. The second-order valence-electron chi connectivity index (χ2n) is 3.92. The summed E-state index contributed by atoms with van der Waals surface area (Å²) in [6.45, 7) is 2.05. The quantitative estimate of drug-likeness (QED) is 0.860. The molecule has 17 heavy (non-hydrogen) atoms. The van der Waals surface area contributed by atoms with Crippen LogP contribution in [0.4, 0.5) is 10.1 Å². The van der Waals surface area contributed by atoms with Crippen LogP contribution in [0.5, 0.6) is 0 Å². The van der Waals surface area contributed by atoms with Gasteiger partial charge in [0.2, 0.25) is 0 Å². The van der Waals surface area contributed by atoms with Crippen molar-refractivity contribution < 1.29 is 4.39 Å². The maximum atomic E-state index is 12.8. The van der Waals surface area contributed by atoms with Gasteiger partial charge in [0.1, 0.15) is 5.82 Å². The van der Waals surface area contributed by atoms with Crippen molar-refractivity contribution in [3.05, 3.63) is 64.4 Å². The second-order valence-corrected chi connectivity index (χ2v) is 4.84. The van der Waals surface area contributed by atoms with Gasteiger partial charge < -0.3 is 5.32 Å². The Bertz CT molecular complexity index is 479. The molecule has 0 amide bonds. The van der Waals surface area contributed by atoms with Crippen molar-refractivity contribution in [3.8, 4) is 0 Å². The minimum Gasteiger partial charge on any atom is -0.379 e. The number of benzene rings is 2.